The Labute approximate surface area is 62.2 Å². The van der Waals surface area contributed by atoms with Crippen LogP contribution in [0.25, 0.3) is 0 Å². The first-order valence-corrected chi connectivity index (χ1v) is 3.78. The monoisotopic (exact) mass is 143 g/mol. The summed E-state index contributed by atoms with van der Waals surface area (Å²) < 4.78 is 0. The van der Waals surface area contributed by atoms with Crippen LogP contribution in [-0.2, 0) is 9.90 Å². The lowest BCUT2D eigenvalue weighted by atomic mass is 9.95. The number of rotatable bonds is 4. The minimum Gasteiger partial charge on any atom is -0.247 e. The molecule has 1 atom stereocenters. The summed E-state index contributed by atoms with van der Waals surface area (Å²) in [4.78, 5) is 10.4. The Balaban J connectivity index is 3.72. The molecule has 0 saturated heterocycles. The van der Waals surface area contributed by atoms with Crippen LogP contribution in [0.4, 0.5) is 0 Å². The number of carbonyl (C=O) groups excluding carboxylic acids is 1. The molecule has 0 heterocycles. The maximum absolute atomic E-state index is 10.4. The number of hydrogen-bond donors (Lipinski definition) is 0. The fourth-order valence-electron chi connectivity index (χ4n) is 0.999. The van der Waals surface area contributed by atoms with Crippen molar-refractivity contribution < 1.29 is 9.90 Å². The molecule has 0 amide bonds. The van der Waals surface area contributed by atoms with Crippen molar-refractivity contribution in [1.82, 2.24) is 0 Å². The van der Waals surface area contributed by atoms with Crippen LogP contribution >= 0.6 is 0 Å². The Morgan fingerprint density at radius 3 is 2.00 bits per heavy atom. The van der Waals surface area contributed by atoms with E-state index in [1.165, 1.54) is 0 Å². The Morgan fingerprint density at radius 1 is 1.40 bits per heavy atom. The second-order valence-corrected chi connectivity index (χ2v) is 3.05. The molecule has 0 spiro atoms. The van der Waals surface area contributed by atoms with E-state index in [9.17, 15) is 9.90 Å². The molecule has 0 aliphatic carbocycles. The van der Waals surface area contributed by atoms with Crippen LogP contribution in [0.5, 0.6) is 0 Å². The quantitative estimate of drug-likeness (QED) is 0.593. The fraction of sp³-hybridized carbons (Fsp3) is 0.875. The summed E-state index contributed by atoms with van der Waals surface area (Å²) in [6.45, 7) is 5.92. The van der Waals surface area contributed by atoms with Gasteiger partial charge in [-0.3, -0.25) is 0 Å². The van der Waals surface area contributed by atoms with Crippen LogP contribution in [0.2, 0.25) is 0 Å². The van der Waals surface area contributed by atoms with Crippen LogP contribution in [0, 0.1) is 11.8 Å². The minimum absolute atomic E-state index is 0.250. The lowest BCUT2D eigenvalue weighted by Gasteiger charge is -2.09. The van der Waals surface area contributed by atoms with Gasteiger partial charge < -0.3 is 0 Å². The highest BCUT2D eigenvalue weighted by molar-refractivity contribution is 5.69. The summed E-state index contributed by atoms with van der Waals surface area (Å²) in [5.74, 6) is -0.709. The van der Waals surface area contributed by atoms with Gasteiger partial charge in [0.2, 0.25) is 0 Å². The van der Waals surface area contributed by atoms with E-state index < -0.39 is 5.97 Å². The van der Waals surface area contributed by atoms with Gasteiger partial charge in [-0.1, -0.05) is 20.8 Å². The van der Waals surface area contributed by atoms with Gasteiger partial charge in [-0.15, -0.1) is 0 Å². The van der Waals surface area contributed by atoms with Gasteiger partial charge in [0.05, 0.1) is 5.92 Å². The summed E-state index contributed by atoms with van der Waals surface area (Å²) in [6, 6.07) is 0. The zero-order valence-corrected chi connectivity index (χ0v) is 6.89. The fourth-order valence-corrected chi connectivity index (χ4v) is 0.999. The lowest BCUT2D eigenvalue weighted by Crippen LogP contribution is -2.13. The molecule has 0 bridgehead atoms. The van der Waals surface area contributed by atoms with E-state index in [0.29, 0.717) is 12.3 Å². The van der Waals surface area contributed by atoms with Crippen LogP contribution < -0.4 is 0 Å². The van der Waals surface area contributed by atoms with E-state index in [2.05, 4.69) is 0 Å². The van der Waals surface area contributed by atoms with Crippen LogP contribution in [0.3, 0.4) is 0 Å². The Morgan fingerprint density at radius 2 is 1.90 bits per heavy atom. The van der Waals surface area contributed by atoms with Crippen molar-refractivity contribution >= 4 is 5.97 Å². The van der Waals surface area contributed by atoms with Crippen LogP contribution in [-0.4, -0.2) is 5.97 Å². The molecule has 0 fully saturated rings. The molecule has 1 unspecified atom stereocenters. The van der Waals surface area contributed by atoms with Crippen molar-refractivity contribution in [2.24, 2.45) is 11.8 Å². The molecule has 0 N–H and O–H groups in total. The first kappa shape index (κ1) is 9.47. The molecule has 0 aromatic heterocycles. The first-order valence-electron chi connectivity index (χ1n) is 3.78. The van der Waals surface area contributed by atoms with E-state index in [1.54, 1.807) is 0 Å². The molecule has 0 aliphatic heterocycles. The Kier molecular flexibility index (Phi) is 4.08. The maximum atomic E-state index is 10.4. The molecule has 0 rings (SSSR count). The normalized spacial score (nSPS) is 13.6. The van der Waals surface area contributed by atoms with E-state index in [1.807, 2.05) is 20.8 Å². The zero-order chi connectivity index (χ0) is 8.15. The molecule has 1 radical (unpaired) electrons. The smallest absolute Gasteiger partial charge is 0.247 e. The number of hydrogen-bond acceptors (Lipinski definition) is 1. The van der Waals surface area contributed by atoms with E-state index in [-0.39, 0.29) is 5.92 Å². The molecule has 0 saturated carbocycles. The van der Waals surface area contributed by atoms with Crippen LogP contribution in [0.15, 0.2) is 0 Å². The summed E-state index contributed by atoms with van der Waals surface area (Å²) >= 11 is 0. The van der Waals surface area contributed by atoms with Crippen LogP contribution in [0.1, 0.15) is 33.6 Å². The van der Waals surface area contributed by atoms with Gasteiger partial charge in [-0.2, -0.15) is 0 Å². The maximum Gasteiger partial charge on any atom is 0.358 e. The zero-order valence-electron chi connectivity index (χ0n) is 6.89. The molecule has 0 aromatic carbocycles. The van der Waals surface area contributed by atoms with Crippen molar-refractivity contribution in [2.45, 2.75) is 33.6 Å². The van der Waals surface area contributed by atoms with Crippen molar-refractivity contribution in [1.29, 1.82) is 0 Å². The van der Waals surface area contributed by atoms with Gasteiger partial charge in [0.1, 0.15) is 0 Å². The van der Waals surface area contributed by atoms with Gasteiger partial charge in [0, 0.05) is 0 Å². The van der Waals surface area contributed by atoms with Crippen molar-refractivity contribution in [2.75, 3.05) is 0 Å². The molecule has 59 valence electrons. The highest BCUT2D eigenvalue weighted by atomic mass is 16.4. The van der Waals surface area contributed by atoms with E-state index >= 15 is 0 Å². The predicted octanol–water partition coefficient (Wildman–Crippen LogP) is 2.02. The largest absolute Gasteiger partial charge is 0.358 e. The summed E-state index contributed by atoms with van der Waals surface area (Å²) in [5, 5.41) is 10.4. The third kappa shape index (κ3) is 3.49. The van der Waals surface area contributed by atoms with Gasteiger partial charge in [0.15, 0.2) is 0 Å². The van der Waals surface area contributed by atoms with Gasteiger partial charge >= 0.3 is 5.97 Å². The standard InChI is InChI=1S/C8H15O2/c1-4-7(8(9)10)5-6(2)3/h6-7H,4-5H2,1-3H3. The third-order valence-electron chi connectivity index (χ3n) is 1.58. The molecule has 0 aliphatic rings. The summed E-state index contributed by atoms with van der Waals surface area (Å²) in [6.07, 6.45) is 1.42. The predicted molar refractivity (Wildman–Crippen MR) is 38.9 cm³/mol. The van der Waals surface area contributed by atoms with Crippen molar-refractivity contribution in [3.63, 3.8) is 0 Å². The summed E-state index contributed by atoms with van der Waals surface area (Å²) in [7, 11) is 0. The highest BCUT2D eigenvalue weighted by Gasteiger charge is 2.17. The molecular formula is C8H15O2. The van der Waals surface area contributed by atoms with E-state index in [4.69, 9.17) is 0 Å². The Hall–Kier alpha value is -0.530. The first-order chi connectivity index (χ1) is 4.57. The summed E-state index contributed by atoms with van der Waals surface area (Å²) in [5.41, 5.74) is 0. The molecule has 10 heavy (non-hydrogen) atoms. The third-order valence-corrected chi connectivity index (χ3v) is 1.58. The minimum atomic E-state index is -0.906. The molecule has 0 aromatic rings. The topological polar surface area (TPSA) is 37.0 Å². The highest BCUT2D eigenvalue weighted by Crippen LogP contribution is 2.14. The van der Waals surface area contributed by atoms with Crippen molar-refractivity contribution in [3.8, 4) is 0 Å². The average molecular weight is 143 g/mol. The lowest BCUT2D eigenvalue weighted by molar-refractivity contribution is -0.148. The molecule has 2 heteroatoms. The second kappa shape index (κ2) is 4.31. The second-order valence-electron chi connectivity index (χ2n) is 3.05. The van der Waals surface area contributed by atoms with Crippen molar-refractivity contribution in [3.05, 3.63) is 0 Å². The molecule has 2 nitrogen and oxygen atoms in total. The SMILES string of the molecule is CCC(CC(C)C)C([O])=O. The molecular weight excluding hydrogens is 128 g/mol. The van der Waals surface area contributed by atoms with Gasteiger partial charge in [-0.25, -0.2) is 9.90 Å². The Bertz CT molecular complexity index is 108. The number of carbonyl (C=O) groups is 1. The van der Waals surface area contributed by atoms with Gasteiger partial charge in [0.25, 0.3) is 0 Å². The van der Waals surface area contributed by atoms with Gasteiger partial charge in [-0.05, 0) is 18.8 Å². The van der Waals surface area contributed by atoms with E-state index in [0.717, 1.165) is 6.42 Å². The average Bonchev–Trinajstić information content (AvgIpc) is 1.81.